The van der Waals surface area contributed by atoms with Crippen molar-refractivity contribution in [3.63, 3.8) is 0 Å². The van der Waals surface area contributed by atoms with E-state index in [-0.39, 0.29) is 16.7 Å². The van der Waals surface area contributed by atoms with Gasteiger partial charge < -0.3 is 10.1 Å². The average Bonchev–Trinajstić information content (AvgIpc) is 2.65. The molecule has 2 rings (SSSR count). The minimum absolute atomic E-state index is 0.117. The molecule has 0 heterocycles. The second kappa shape index (κ2) is 9.21. The topological polar surface area (TPSA) is 75.7 Å². The van der Waals surface area contributed by atoms with Gasteiger partial charge in [-0.1, -0.05) is 45.4 Å². The number of sulfonamides is 1. The molecule has 1 amide bonds. The molecule has 0 saturated carbocycles. The van der Waals surface area contributed by atoms with E-state index in [2.05, 4.69) is 5.32 Å². The van der Waals surface area contributed by atoms with Crippen LogP contribution in [0.4, 0.5) is 5.69 Å². The van der Waals surface area contributed by atoms with Crippen LogP contribution in [0.3, 0.4) is 0 Å². The van der Waals surface area contributed by atoms with Crippen molar-refractivity contribution < 1.29 is 17.9 Å². The summed E-state index contributed by atoms with van der Waals surface area (Å²) in [6.45, 7) is 9.83. The summed E-state index contributed by atoms with van der Waals surface area (Å²) in [5.74, 6) is 0.516. The summed E-state index contributed by atoms with van der Waals surface area (Å²) in [7, 11) is -3.65. The van der Waals surface area contributed by atoms with E-state index in [1.165, 1.54) is 16.4 Å². The number of hydrogen-bond donors (Lipinski definition) is 1. The molecule has 152 valence electrons. The van der Waals surface area contributed by atoms with Crippen molar-refractivity contribution in [3.8, 4) is 11.5 Å². The van der Waals surface area contributed by atoms with Crippen LogP contribution in [0.25, 0.3) is 0 Å². The number of nitrogens with one attached hydrogen (secondary N) is 1. The lowest BCUT2D eigenvalue weighted by molar-refractivity contribution is -0.118. The molecule has 0 fully saturated rings. The third-order valence-corrected chi connectivity index (χ3v) is 6.37. The zero-order chi connectivity index (χ0) is 20.9. The van der Waals surface area contributed by atoms with E-state index in [0.717, 1.165) is 5.56 Å². The van der Waals surface area contributed by atoms with E-state index in [9.17, 15) is 13.2 Å². The summed E-state index contributed by atoms with van der Waals surface area (Å²) >= 11 is 0. The first-order chi connectivity index (χ1) is 13.2. The molecule has 0 aliphatic carbocycles. The van der Waals surface area contributed by atoms with Crippen LogP contribution in [-0.2, 0) is 14.8 Å². The van der Waals surface area contributed by atoms with E-state index < -0.39 is 10.0 Å². The Labute approximate surface area is 167 Å². The quantitative estimate of drug-likeness (QED) is 0.707. The van der Waals surface area contributed by atoms with Gasteiger partial charge in [0.1, 0.15) is 5.75 Å². The van der Waals surface area contributed by atoms with Crippen molar-refractivity contribution in [2.45, 2.75) is 39.5 Å². The number of anilines is 1. The van der Waals surface area contributed by atoms with Crippen LogP contribution in [0.1, 0.15) is 33.3 Å². The van der Waals surface area contributed by atoms with Gasteiger partial charge in [0.15, 0.2) is 5.75 Å². The Kier molecular flexibility index (Phi) is 7.21. The maximum atomic E-state index is 12.8. The summed E-state index contributed by atoms with van der Waals surface area (Å²) in [5, 5.41) is 2.78. The molecule has 0 aliphatic rings. The number of nitrogens with zero attached hydrogens (tertiary/aromatic N) is 1. The van der Waals surface area contributed by atoms with Crippen LogP contribution in [0.5, 0.6) is 11.5 Å². The lowest BCUT2D eigenvalue weighted by Crippen LogP contribution is -2.30. The molecule has 0 aliphatic heterocycles. The SMILES string of the molecule is CCN(CC)S(=O)(=O)c1ccc(Oc2ccc(C)cc2)c(NC(=O)C(C)C)c1. The molecule has 7 heteroatoms. The molecule has 0 atom stereocenters. The molecule has 28 heavy (non-hydrogen) atoms. The van der Waals surface area contributed by atoms with E-state index in [4.69, 9.17) is 4.74 Å². The van der Waals surface area contributed by atoms with Crippen LogP contribution in [0.15, 0.2) is 47.4 Å². The minimum Gasteiger partial charge on any atom is -0.455 e. The third kappa shape index (κ3) is 5.11. The molecule has 0 aromatic heterocycles. The van der Waals surface area contributed by atoms with Gasteiger partial charge in [-0.2, -0.15) is 4.31 Å². The molecule has 0 unspecified atom stereocenters. The fourth-order valence-electron chi connectivity index (χ4n) is 2.58. The Morgan fingerprint density at radius 3 is 2.21 bits per heavy atom. The van der Waals surface area contributed by atoms with Gasteiger partial charge in [-0.25, -0.2) is 8.42 Å². The molecule has 1 N–H and O–H groups in total. The van der Waals surface area contributed by atoms with Crippen molar-refractivity contribution in [1.29, 1.82) is 0 Å². The molecule has 0 radical (unpaired) electrons. The Morgan fingerprint density at radius 2 is 1.68 bits per heavy atom. The Balaban J connectivity index is 2.47. The van der Waals surface area contributed by atoms with Crippen molar-refractivity contribution in [3.05, 3.63) is 48.0 Å². The summed E-state index contributed by atoms with van der Waals surface area (Å²) in [6.07, 6.45) is 0. The first-order valence-corrected chi connectivity index (χ1v) is 10.8. The van der Waals surface area contributed by atoms with Gasteiger partial charge in [-0.05, 0) is 37.3 Å². The highest BCUT2D eigenvalue weighted by molar-refractivity contribution is 7.89. The lowest BCUT2D eigenvalue weighted by Gasteiger charge is -2.20. The van der Waals surface area contributed by atoms with Gasteiger partial charge in [0, 0.05) is 19.0 Å². The number of rotatable bonds is 8. The molecule has 6 nitrogen and oxygen atoms in total. The molecule has 0 saturated heterocycles. The minimum atomic E-state index is -3.65. The number of benzene rings is 2. The Morgan fingerprint density at radius 1 is 1.07 bits per heavy atom. The fourth-order valence-corrected chi connectivity index (χ4v) is 4.06. The van der Waals surface area contributed by atoms with Gasteiger partial charge in [0.25, 0.3) is 0 Å². The van der Waals surface area contributed by atoms with Crippen LogP contribution in [0.2, 0.25) is 0 Å². The molecular weight excluding hydrogens is 376 g/mol. The number of carbonyl (C=O) groups excluding carboxylic acids is 1. The van der Waals surface area contributed by atoms with Crippen molar-refractivity contribution in [2.75, 3.05) is 18.4 Å². The van der Waals surface area contributed by atoms with Crippen molar-refractivity contribution in [2.24, 2.45) is 5.92 Å². The first-order valence-electron chi connectivity index (χ1n) is 9.38. The maximum Gasteiger partial charge on any atom is 0.243 e. The standard InChI is InChI=1S/C21H28N2O4S/c1-6-23(7-2)28(25,26)18-12-13-20(19(14-18)22-21(24)15(3)4)27-17-10-8-16(5)9-11-17/h8-15H,6-7H2,1-5H3,(H,22,24). The molecule has 0 spiro atoms. The molecular formula is C21H28N2O4S. The smallest absolute Gasteiger partial charge is 0.243 e. The van der Waals surface area contributed by atoms with Crippen molar-refractivity contribution in [1.82, 2.24) is 4.31 Å². The maximum absolute atomic E-state index is 12.8. The van der Waals surface area contributed by atoms with Crippen LogP contribution < -0.4 is 10.1 Å². The normalized spacial score (nSPS) is 11.7. The third-order valence-electron chi connectivity index (χ3n) is 4.33. The summed E-state index contributed by atoms with van der Waals surface area (Å²) < 4.78 is 33.0. The summed E-state index contributed by atoms with van der Waals surface area (Å²) in [5.41, 5.74) is 1.42. The lowest BCUT2D eigenvalue weighted by atomic mass is 10.2. The van der Waals surface area contributed by atoms with Crippen LogP contribution >= 0.6 is 0 Å². The summed E-state index contributed by atoms with van der Waals surface area (Å²) in [4.78, 5) is 12.4. The average molecular weight is 405 g/mol. The fraction of sp³-hybridized carbons (Fsp3) is 0.381. The molecule has 2 aromatic rings. The number of ether oxygens (including phenoxy) is 1. The van der Waals surface area contributed by atoms with Crippen LogP contribution in [-0.4, -0.2) is 31.7 Å². The number of carbonyl (C=O) groups is 1. The number of aryl methyl sites for hydroxylation is 1. The number of amides is 1. The number of hydrogen-bond acceptors (Lipinski definition) is 4. The second-order valence-electron chi connectivity index (χ2n) is 6.81. The second-order valence-corrected chi connectivity index (χ2v) is 8.74. The highest BCUT2D eigenvalue weighted by Gasteiger charge is 2.23. The van der Waals surface area contributed by atoms with Crippen LogP contribution in [0, 0.1) is 12.8 Å². The van der Waals surface area contributed by atoms with E-state index >= 15 is 0 Å². The first kappa shape index (κ1) is 21.9. The molecule has 0 bridgehead atoms. The van der Waals surface area contributed by atoms with Crippen molar-refractivity contribution >= 4 is 21.6 Å². The Hall–Kier alpha value is -2.38. The van der Waals surface area contributed by atoms with Gasteiger partial charge in [0.2, 0.25) is 15.9 Å². The molecule has 2 aromatic carbocycles. The highest BCUT2D eigenvalue weighted by Crippen LogP contribution is 2.33. The van der Waals surface area contributed by atoms with Gasteiger partial charge in [-0.15, -0.1) is 0 Å². The van der Waals surface area contributed by atoms with E-state index in [0.29, 0.717) is 30.3 Å². The predicted octanol–water partition coefficient (Wildman–Crippen LogP) is 4.41. The van der Waals surface area contributed by atoms with E-state index in [1.54, 1.807) is 33.8 Å². The zero-order valence-corrected chi connectivity index (χ0v) is 17.8. The van der Waals surface area contributed by atoms with Gasteiger partial charge in [0.05, 0.1) is 10.6 Å². The predicted molar refractivity (Wildman–Crippen MR) is 111 cm³/mol. The van der Waals surface area contributed by atoms with Gasteiger partial charge >= 0.3 is 0 Å². The largest absolute Gasteiger partial charge is 0.455 e. The zero-order valence-electron chi connectivity index (χ0n) is 17.0. The summed E-state index contributed by atoms with van der Waals surface area (Å²) in [6, 6.07) is 12.0. The Bertz CT molecular complexity index is 918. The monoisotopic (exact) mass is 404 g/mol. The highest BCUT2D eigenvalue weighted by atomic mass is 32.2. The van der Waals surface area contributed by atoms with Gasteiger partial charge in [-0.3, -0.25) is 4.79 Å². The van der Waals surface area contributed by atoms with E-state index in [1.807, 2.05) is 31.2 Å².